The third-order valence-electron chi connectivity index (χ3n) is 3.62. The maximum atomic E-state index is 12.4. The van der Waals surface area contributed by atoms with Crippen molar-refractivity contribution in [3.63, 3.8) is 0 Å². The van der Waals surface area contributed by atoms with Gasteiger partial charge in [0.1, 0.15) is 5.75 Å². The van der Waals surface area contributed by atoms with Crippen molar-refractivity contribution < 1.29 is 9.53 Å². The molecule has 3 N–H and O–H groups in total. The predicted octanol–water partition coefficient (Wildman–Crippen LogP) is 2.64. The predicted molar refractivity (Wildman–Crippen MR) is 86.1 cm³/mol. The summed E-state index contributed by atoms with van der Waals surface area (Å²) in [7, 11) is 1.57. The highest BCUT2D eigenvalue weighted by Gasteiger charge is 2.31. The van der Waals surface area contributed by atoms with Gasteiger partial charge in [0.2, 0.25) is 0 Å². The van der Waals surface area contributed by atoms with Gasteiger partial charge in [0.05, 0.1) is 17.7 Å². The molecule has 2 rings (SSSR count). The largest absolute Gasteiger partial charge is 0.497 e. The quantitative estimate of drug-likeness (QED) is 0.814. The highest BCUT2D eigenvalue weighted by molar-refractivity contribution is 9.10. The van der Waals surface area contributed by atoms with E-state index in [-0.39, 0.29) is 17.9 Å². The number of rotatable bonds is 4. The van der Waals surface area contributed by atoms with Crippen LogP contribution in [0.1, 0.15) is 29.6 Å². The number of benzene rings is 1. The van der Waals surface area contributed by atoms with Crippen molar-refractivity contribution >= 4 is 39.0 Å². The molecule has 0 saturated heterocycles. The smallest absolute Gasteiger partial charge is 0.252 e. The number of ether oxygens (including phenoxy) is 1. The molecule has 1 amide bonds. The third-order valence-corrected chi connectivity index (χ3v) is 4.61. The van der Waals surface area contributed by atoms with E-state index in [9.17, 15) is 4.79 Å². The molecule has 1 aliphatic carbocycles. The highest BCUT2D eigenvalue weighted by atomic mass is 79.9. The lowest BCUT2D eigenvalue weighted by molar-refractivity contribution is 0.0932. The van der Waals surface area contributed by atoms with Crippen molar-refractivity contribution in [1.82, 2.24) is 5.32 Å². The van der Waals surface area contributed by atoms with Crippen molar-refractivity contribution in [2.45, 2.75) is 25.3 Å². The van der Waals surface area contributed by atoms with Crippen LogP contribution in [-0.2, 0) is 0 Å². The van der Waals surface area contributed by atoms with Gasteiger partial charge in [-0.25, -0.2) is 0 Å². The van der Waals surface area contributed by atoms with Gasteiger partial charge in [-0.3, -0.25) is 4.79 Å². The monoisotopic (exact) mass is 356 g/mol. The number of thiocarbonyl (C=S) groups is 1. The molecule has 6 heteroatoms. The summed E-state index contributed by atoms with van der Waals surface area (Å²) < 4.78 is 5.88. The van der Waals surface area contributed by atoms with Crippen molar-refractivity contribution in [2.75, 3.05) is 7.11 Å². The average molecular weight is 357 g/mol. The molecule has 1 saturated carbocycles. The molecule has 0 spiro atoms. The molecule has 0 bridgehead atoms. The van der Waals surface area contributed by atoms with Crippen LogP contribution in [0.5, 0.6) is 5.75 Å². The van der Waals surface area contributed by atoms with Gasteiger partial charge in [0.25, 0.3) is 5.91 Å². The van der Waals surface area contributed by atoms with Crippen LogP contribution in [0.25, 0.3) is 0 Å². The van der Waals surface area contributed by atoms with E-state index in [1.54, 1.807) is 25.3 Å². The summed E-state index contributed by atoms with van der Waals surface area (Å²) in [5.74, 6) is 0.609. The Morgan fingerprint density at radius 1 is 1.50 bits per heavy atom. The lowest BCUT2D eigenvalue weighted by Crippen LogP contribution is -2.41. The number of hydrogen-bond donors (Lipinski definition) is 2. The van der Waals surface area contributed by atoms with Crippen LogP contribution in [-0.4, -0.2) is 24.0 Å². The van der Waals surface area contributed by atoms with Crippen molar-refractivity contribution in [3.05, 3.63) is 28.2 Å². The van der Waals surface area contributed by atoms with Crippen LogP contribution in [0, 0.1) is 5.92 Å². The van der Waals surface area contributed by atoms with Gasteiger partial charge in [-0.15, -0.1) is 0 Å². The lowest BCUT2D eigenvalue weighted by Gasteiger charge is -2.20. The van der Waals surface area contributed by atoms with E-state index in [0.29, 0.717) is 16.3 Å². The molecule has 108 valence electrons. The van der Waals surface area contributed by atoms with Crippen LogP contribution in [0.2, 0.25) is 0 Å². The van der Waals surface area contributed by atoms with Gasteiger partial charge in [-0.2, -0.15) is 0 Å². The fourth-order valence-electron chi connectivity index (χ4n) is 2.52. The number of methoxy groups -OCH3 is 1. The third kappa shape index (κ3) is 3.30. The van der Waals surface area contributed by atoms with E-state index in [1.807, 2.05) is 0 Å². The van der Waals surface area contributed by atoms with E-state index in [2.05, 4.69) is 21.2 Å². The molecular formula is C14H17BrN2O2S. The second-order valence-electron chi connectivity index (χ2n) is 4.87. The van der Waals surface area contributed by atoms with E-state index in [4.69, 9.17) is 22.7 Å². The molecule has 1 fully saturated rings. The first-order valence-corrected chi connectivity index (χ1v) is 7.66. The average Bonchev–Trinajstić information content (AvgIpc) is 2.87. The van der Waals surface area contributed by atoms with Gasteiger partial charge >= 0.3 is 0 Å². The zero-order valence-corrected chi connectivity index (χ0v) is 13.6. The van der Waals surface area contributed by atoms with Crippen molar-refractivity contribution in [1.29, 1.82) is 0 Å². The summed E-state index contributed by atoms with van der Waals surface area (Å²) in [4.78, 5) is 12.9. The number of hydrogen-bond acceptors (Lipinski definition) is 3. The minimum absolute atomic E-state index is 0.0260. The molecule has 0 aliphatic heterocycles. The summed E-state index contributed by atoms with van der Waals surface area (Å²) in [6.45, 7) is 0. The summed E-state index contributed by atoms with van der Waals surface area (Å²) in [6.07, 6.45) is 2.89. The Kier molecular flexibility index (Phi) is 4.99. The van der Waals surface area contributed by atoms with Gasteiger partial charge in [0.15, 0.2) is 0 Å². The molecule has 1 aliphatic rings. The number of halogens is 1. The molecular weight excluding hydrogens is 340 g/mol. The van der Waals surface area contributed by atoms with Crippen LogP contribution in [0.3, 0.4) is 0 Å². The zero-order valence-electron chi connectivity index (χ0n) is 11.2. The zero-order chi connectivity index (χ0) is 14.7. The Bertz CT molecular complexity index is 536. The van der Waals surface area contributed by atoms with E-state index in [0.717, 1.165) is 23.7 Å². The highest BCUT2D eigenvalue weighted by Crippen LogP contribution is 2.27. The summed E-state index contributed by atoms with van der Waals surface area (Å²) >= 11 is 8.45. The topological polar surface area (TPSA) is 64.3 Å². The fraction of sp³-hybridized carbons (Fsp3) is 0.429. The molecule has 1 aromatic rings. The van der Waals surface area contributed by atoms with Crippen molar-refractivity contribution in [3.8, 4) is 5.75 Å². The van der Waals surface area contributed by atoms with E-state index < -0.39 is 0 Å². The normalized spacial score (nSPS) is 21.5. The molecule has 20 heavy (non-hydrogen) atoms. The summed E-state index contributed by atoms with van der Waals surface area (Å²) in [5, 5.41) is 3.03. The van der Waals surface area contributed by atoms with Crippen LogP contribution in [0.4, 0.5) is 0 Å². The van der Waals surface area contributed by atoms with E-state index >= 15 is 0 Å². The first kappa shape index (κ1) is 15.3. The SMILES string of the molecule is COc1ccc(Br)c(C(=O)NC2CCCC2C(N)=S)c1. The Labute approximate surface area is 132 Å². The lowest BCUT2D eigenvalue weighted by atomic mass is 10.0. The second kappa shape index (κ2) is 6.54. The molecule has 0 radical (unpaired) electrons. The van der Waals surface area contributed by atoms with Crippen LogP contribution < -0.4 is 15.8 Å². The summed E-state index contributed by atoms with van der Waals surface area (Å²) in [6, 6.07) is 5.34. The maximum Gasteiger partial charge on any atom is 0.252 e. The van der Waals surface area contributed by atoms with Gasteiger partial charge in [0, 0.05) is 16.4 Å². The Morgan fingerprint density at radius 2 is 2.25 bits per heavy atom. The maximum absolute atomic E-state index is 12.4. The molecule has 0 heterocycles. The van der Waals surface area contributed by atoms with Gasteiger partial charge in [-0.1, -0.05) is 18.6 Å². The first-order chi connectivity index (χ1) is 9.52. The first-order valence-electron chi connectivity index (χ1n) is 6.46. The van der Waals surface area contributed by atoms with Gasteiger partial charge in [-0.05, 0) is 47.0 Å². The van der Waals surface area contributed by atoms with Crippen LogP contribution in [0.15, 0.2) is 22.7 Å². The Balaban J connectivity index is 2.14. The molecule has 2 atom stereocenters. The molecule has 0 aromatic heterocycles. The molecule has 1 aromatic carbocycles. The van der Waals surface area contributed by atoms with Crippen molar-refractivity contribution in [2.24, 2.45) is 11.7 Å². The minimum Gasteiger partial charge on any atom is -0.497 e. The minimum atomic E-state index is -0.135. The Morgan fingerprint density at radius 3 is 2.90 bits per heavy atom. The standard InChI is InChI=1S/C14H17BrN2O2S/c1-19-8-5-6-11(15)10(7-8)14(18)17-12-4-2-3-9(12)13(16)20/h5-7,9,12H,2-4H2,1H3,(H2,16,20)(H,17,18). The number of nitrogens with one attached hydrogen (secondary N) is 1. The number of amides is 1. The Hall–Kier alpha value is -1.14. The summed E-state index contributed by atoms with van der Waals surface area (Å²) in [5.41, 5.74) is 6.28. The number of nitrogens with two attached hydrogens (primary N) is 1. The van der Waals surface area contributed by atoms with Gasteiger partial charge < -0.3 is 15.8 Å². The second-order valence-corrected chi connectivity index (χ2v) is 6.19. The fourth-order valence-corrected chi connectivity index (χ4v) is 3.23. The molecule has 4 nitrogen and oxygen atoms in total. The molecule has 2 unspecified atom stereocenters. The van der Waals surface area contributed by atoms with E-state index in [1.165, 1.54) is 0 Å². The number of carbonyl (C=O) groups excluding carboxylic acids is 1. The number of carbonyl (C=O) groups is 1. The van der Waals surface area contributed by atoms with Crippen LogP contribution >= 0.6 is 28.1 Å².